The summed E-state index contributed by atoms with van der Waals surface area (Å²) in [6.07, 6.45) is 1.55. The third-order valence-electron chi connectivity index (χ3n) is 2.16. The van der Waals surface area contributed by atoms with Crippen LogP contribution in [0.5, 0.6) is 0 Å². The zero-order chi connectivity index (χ0) is 12.4. The summed E-state index contributed by atoms with van der Waals surface area (Å²) in [5, 5.41) is 6.11. The zero-order valence-electron chi connectivity index (χ0n) is 11.0. The molecular formula is C12H26N2O2. The Kier molecular flexibility index (Phi) is 9.24. The number of hydrogen-bond donors (Lipinski definition) is 2. The van der Waals surface area contributed by atoms with Crippen LogP contribution in [0.15, 0.2) is 0 Å². The van der Waals surface area contributed by atoms with Crippen LogP contribution in [0.4, 0.5) is 0 Å². The number of nitrogens with one attached hydrogen (secondary N) is 2. The van der Waals surface area contributed by atoms with Gasteiger partial charge in [0.05, 0.1) is 0 Å². The smallest absolute Gasteiger partial charge is 0.248 e. The highest BCUT2D eigenvalue weighted by Gasteiger charge is 2.11. The van der Waals surface area contributed by atoms with Crippen LogP contribution >= 0.6 is 0 Å². The maximum absolute atomic E-state index is 11.4. The van der Waals surface area contributed by atoms with Crippen LogP contribution in [0, 0.1) is 0 Å². The molecular weight excluding hydrogens is 204 g/mol. The zero-order valence-corrected chi connectivity index (χ0v) is 11.0. The lowest BCUT2D eigenvalue weighted by Crippen LogP contribution is -2.35. The van der Waals surface area contributed by atoms with Crippen LogP contribution in [-0.4, -0.2) is 37.7 Å². The second kappa shape index (κ2) is 9.60. The first kappa shape index (κ1) is 15.4. The maximum Gasteiger partial charge on any atom is 0.248 e. The van der Waals surface area contributed by atoms with Gasteiger partial charge in [-0.15, -0.1) is 0 Å². The first-order valence-electron chi connectivity index (χ1n) is 6.20. The fraction of sp³-hybridized carbons (Fsp3) is 0.917. The molecule has 2 N–H and O–H groups in total. The lowest BCUT2D eigenvalue weighted by atomic mass is 10.3. The number of ether oxygens (including phenoxy) is 1. The van der Waals surface area contributed by atoms with Crippen molar-refractivity contribution in [3.63, 3.8) is 0 Å². The lowest BCUT2D eigenvalue weighted by Gasteiger charge is -2.13. The molecule has 0 aromatic rings. The summed E-state index contributed by atoms with van der Waals surface area (Å²) in [6, 6.07) is 0.505. The Morgan fingerprint density at radius 2 is 1.94 bits per heavy atom. The predicted molar refractivity (Wildman–Crippen MR) is 66.5 cm³/mol. The highest BCUT2D eigenvalue weighted by atomic mass is 16.5. The van der Waals surface area contributed by atoms with Crippen LogP contribution in [0.2, 0.25) is 0 Å². The van der Waals surface area contributed by atoms with Gasteiger partial charge in [0.15, 0.2) is 0 Å². The average molecular weight is 230 g/mol. The molecule has 0 fully saturated rings. The molecule has 1 amide bonds. The molecule has 16 heavy (non-hydrogen) atoms. The SMILES string of the molecule is CCCNC(=O)C(C)OCCCNC(C)C. The van der Waals surface area contributed by atoms with E-state index in [2.05, 4.69) is 24.5 Å². The van der Waals surface area contributed by atoms with E-state index in [1.165, 1.54) is 0 Å². The molecule has 0 rings (SSSR count). The Morgan fingerprint density at radius 1 is 1.25 bits per heavy atom. The van der Waals surface area contributed by atoms with Crippen LogP contribution in [0.25, 0.3) is 0 Å². The minimum atomic E-state index is -0.342. The molecule has 0 aliphatic rings. The standard InChI is InChI=1S/C12H26N2O2/c1-5-7-14-12(15)11(4)16-9-6-8-13-10(2)3/h10-11,13H,5-9H2,1-4H3,(H,14,15). The van der Waals surface area contributed by atoms with Gasteiger partial charge in [0.25, 0.3) is 0 Å². The molecule has 0 saturated carbocycles. The molecule has 96 valence electrons. The van der Waals surface area contributed by atoms with Gasteiger partial charge < -0.3 is 15.4 Å². The third-order valence-corrected chi connectivity index (χ3v) is 2.16. The van der Waals surface area contributed by atoms with Gasteiger partial charge in [-0.1, -0.05) is 20.8 Å². The van der Waals surface area contributed by atoms with E-state index in [9.17, 15) is 4.79 Å². The van der Waals surface area contributed by atoms with Crippen molar-refractivity contribution in [2.75, 3.05) is 19.7 Å². The fourth-order valence-corrected chi connectivity index (χ4v) is 1.19. The minimum Gasteiger partial charge on any atom is -0.369 e. The molecule has 0 radical (unpaired) electrons. The molecule has 4 nitrogen and oxygen atoms in total. The van der Waals surface area contributed by atoms with E-state index in [1.54, 1.807) is 6.92 Å². The molecule has 1 atom stereocenters. The number of hydrogen-bond acceptors (Lipinski definition) is 3. The highest BCUT2D eigenvalue weighted by Crippen LogP contribution is 1.93. The summed E-state index contributed by atoms with van der Waals surface area (Å²) < 4.78 is 5.43. The molecule has 0 spiro atoms. The predicted octanol–water partition coefficient (Wildman–Crippen LogP) is 1.31. The van der Waals surface area contributed by atoms with Crippen molar-refractivity contribution in [3.8, 4) is 0 Å². The molecule has 0 bridgehead atoms. The molecule has 0 aliphatic heterocycles. The summed E-state index contributed by atoms with van der Waals surface area (Å²) in [6.45, 7) is 10.3. The van der Waals surface area contributed by atoms with E-state index >= 15 is 0 Å². The Morgan fingerprint density at radius 3 is 2.50 bits per heavy atom. The fourth-order valence-electron chi connectivity index (χ4n) is 1.19. The van der Waals surface area contributed by atoms with Gasteiger partial charge >= 0.3 is 0 Å². The van der Waals surface area contributed by atoms with Crippen molar-refractivity contribution < 1.29 is 9.53 Å². The van der Waals surface area contributed by atoms with Gasteiger partial charge in [-0.25, -0.2) is 0 Å². The van der Waals surface area contributed by atoms with Crippen LogP contribution in [-0.2, 0) is 9.53 Å². The lowest BCUT2D eigenvalue weighted by molar-refractivity contribution is -0.131. The number of carbonyl (C=O) groups is 1. The van der Waals surface area contributed by atoms with E-state index in [-0.39, 0.29) is 12.0 Å². The Bertz CT molecular complexity index is 184. The van der Waals surface area contributed by atoms with E-state index in [4.69, 9.17) is 4.74 Å². The van der Waals surface area contributed by atoms with Gasteiger partial charge in [-0.05, 0) is 26.3 Å². The first-order chi connectivity index (χ1) is 7.57. The number of rotatable bonds is 9. The van der Waals surface area contributed by atoms with Crippen LogP contribution in [0.3, 0.4) is 0 Å². The van der Waals surface area contributed by atoms with Gasteiger partial charge in [-0.3, -0.25) is 4.79 Å². The third kappa shape index (κ3) is 8.68. The van der Waals surface area contributed by atoms with Gasteiger partial charge in [0.1, 0.15) is 6.10 Å². The van der Waals surface area contributed by atoms with Crippen LogP contribution < -0.4 is 10.6 Å². The molecule has 0 aromatic carbocycles. The maximum atomic E-state index is 11.4. The summed E-state index contributed by atoms with van der Waals surface area (Å²) in [5.74, 6) is -0.0151. The molecule has 0 aliphatic carbocycles. The summed E-state index contributed by atoms with van der Waals surface area (Å²) in [5.41, 5.74) is 0. The molecule has 0 aromatic heterocycles. The molecule has 0 saturated heterocycles. The van der Waals surface area contributed by atoms with Gasteiger partial charge in [0.2, 0.25) is 5.91 Å². The molecule has 1 unspecified atom stereocenters. The Labute approximate surface area is 99.1 Å². The minimum absolute atomic E-state index is 0.0151. The van der Waals surface area contributed by atoms with E-state index in [0.29, 0.717) is 12.6 Å². The average Bonchev–Trinajstić information content (AvgIpc) is 2.24. The Hall–Kier alpha value is -0.610. The number of amides is 1. The van der Waals surface area contributed by atoms with Crippen molar-refractivity contribution >= 4 is 5.91 Å². The Balaban J connectivity index is 3.42. The van der Waals surface area contributed by atoms with Gasteiger partial charge in [-0.2, -0.15) is 0 Å². The molecule has 0 heterocycles. The number of carbonyl (C=O) groups excluding carboxylic acids is 1. The second-order valence-electron chi connectivity index (χ2n) is 4.27. The van der Waals surface area contributed by atoms with E-state index in [0.717, 1.165) is 25.9 Å². The second-order valence-corrected chi connectivity index (χ2v) is 4.27. The van der Waals surface area contributed by atoms with Crippen molar-refractivity contribution in [1.29, 1.82) is 0 Å². The quantitative estimate of drug-likeness (QED) is 0.587. The van der Waals surface area contributed by atoms with E-state index in [1.807, 2.05) is 6.92 Å². The summed E-state index contributed by atoms with van der Waals surface area (Å²) in [7, 11) is 0. The first-order valence-corrected chi connectivity index (χ1v) is 6.20. The highest BCUT2D eigenvalue weighted by molar-refractivity contribution is 5.80. The van der Waals surface area contributed by atoms with Crippen LogP contribution in [0.1, 0.15) is 40.5 Å². The van der Waals surface area contributed by atoms with Gasteiger partial charge in [0, 0.05) is 19.2 Å². The van der Waals surface area contributed by atoms with Crippen molar-refractivity contribution in [2.45, 2.75) is 52.7 Å². The normalized spacial score (nSPS) is 12.8. The van der Waals surface area contributed by atoms with Crippen molar-refractivity contribution in [1.82, 2.24) is 10.6 Å². The largest absolute Gasteiger partial charge is 0.369 e. The van der Waals surface area contributed by atoms with E-state index < -0.39 is 0 Å². The summed E-state index contributed by atoms with van der Waals surface area (Å²) in [4.78, 5) is 11.4. The summed E-state index contributed by atoms with van der Waals surface area (Å²) >= 11 is 0. The topological polar surface area (TPSA) is 50.4 Å². The monoisotopic (exact) mass is 230 g/mol. The van der Waals surface area contributed by atoms with Crippen molar-refractivity contribution in [2.24, 2.45) is 0 Å². The molecule has 4 heteroatoms. The van der Waals surface area contributed by atoms with Crippen molar-refractivity contribution in [3.05, 3.63) is 0 Å².